The summed E-state index contributed by atoms with van der Waals surface area (Å²) in [7, 11) is 0. The summed E-state index contributed by atoms with van der Waals surface area (Å²) in [5.74, 6) is 1.33. The van der Waals surface area contributed by atoms with Gasteiger partial charge in [0.2, 0.25) is 0 Å². The largest absolute Gasteiger partial charge is 0.467 e. The summed E-state index contributed by atoms with van der Waals surface area (Å²) in [6.07, 6.45) is 4.18. The van der Waals surface area contributed by atoms with Gasteiger partial charge in [0, 0.05) is 29.1 Å². The van der Waals surface area contributed by atoms with Gasteiger partial charge in [-0.15, -0.1) is 10.2 Å². The van der Waals surface area contributed by atoms with Gasteiger partial charge in [-0.2, -0.15) is 0 Å². The second-order valence-electron chi connectivity index (χ2n) is 6.81. The number of para-hydroxylation sites is 1. The second-order valence-corrected chi connectivity index (χ2v) is 7.98. The molecule has 4 aromatic rings. The van der Waals surface area contributed by atoms with Gasteiger partial charge in [-0.3, -0.25) is 9.36 Å². The lowest BCUT2D eigenvalue weighted by atomic mass is 10.1. The van der Waals surface area contributed by atoms with Crippen LogP contribution in [-0.4, -0.2) is 37.1 Å². The van der Waals surface area contributed by atoms with Crippen molar-refractivity contribution < 1.29 is 13.9 Å². The second kappa shape index (κ2) is 6.87. The first-order valence-electron chi connectivity index (χ1n) is 9.08. The number of carbonyl (C=O) groups is 1. The van der Waals surface area contributed by atoms with Crippen LogP contribution in [0.2, 0.25) is 0 Å². The Labute approximate surface area is 165 Å². The average molecular weight is 394 g/mol. The number of nitrogens with one attached hydrogen (secondary N) is 1. The number of hydrogen-bond acceptors (Lipinski definition) is 6. The summed E-state index contributed by atoms with van der Waals surface area (Å²) in [4.78, 5) is 15.4. The van der Waals surface area contributed by atoms with E-state index in [1.54, 1.807) is 6.26 Å². The number of rotatable bonds is 5. The standard InChI is InChI=1S/C20H18N4O3S/c1-12-9-17(19(25)27-12)28-20-23-22-18(24(20)11-13-5-4-8-26-13)15-10-21-16-7-3-2-6-14(15)16/h2-8,10,12,17,21H,9,11H2,1H3/t12-,17-/m0/s1. The first-order chi connectivity index (χ1) is 13.7. The van der Waals surface area contributed by atoms with Crippen molar-refractivity contribution in [3.63, 3.8) is 0 Å². The third kappa shape index (κ3) is 2.99. The number of ether oxygens (including phenoxy) is 1. The fourth-order valence-electron chi connectivity index (χ4n) is 3.48. The summed E-state index contributed by atoms with van der Waals surface area (Å²) in [5.41, 5.74) is 2.00. The van der Waals surface area contributed by atoms with Crippen molar-refractivity contribution in [1.29, 1.82) is 0 Å². The highest BCUT2D eigenvalue weighted by Crippen LogP contribution is 2.35. The van der Waals surface area contributed by atoms with Crippen LogP contribution in [0, 0.1) is 0 Å². The number of benzene rings is 1. The van der Waals surface area contributed by atoms with Gasteiger partial charge in [-0.1, -0.05) is 30.0 Å². The molecular formula is C20H18N4O3S. The summed E-state index contributed by atoms with van der Waals surface area (Å²) in [6.45, 7) is 2.39. The molecule has 4 heterocycles. The molecule has 1 aliphatic heterocycles. The molecule has 0 bridgehead atoms. The SMILES string of the molecule is C[C@H]1C[C@H](Sc2nnc(-c3c[nH]c4ccccc34)n2Cc2ccco2)C(=O)O1. The van der Waals surface area contributed by atoms with Crippen LogP contribution in [0.25, 0.3) is 22.3 Å². The molecular weight excluding hydrogens is 376 g/mol. The molecule has 5 rings (SSSR count). The van der Waals surface area contributed by atoms with Gasteiger partial charge >= 0.3 is 5.97 Å². The predicted molar refractivity (Wildman–Crippen MR) is 105 cm³/mol. The van der Waals surface area contributed by atoms with Crippen LogP contribution >= 0.6 is 11.8 Å². The van der Waals surface area contributed by atoms with Crippen LogP contribution in [0.5, 0.6) is 0 Å². The van der Waals surface area contributed by atoms with E-state index in [4.69, 9.17) is 9.15 Å². The molecule has 2 atom stereocenters. The number of fused-ring (bicyclic) bond motifs is 1. The van der Waals surface area contributed by atoms with Crippen molar-refractivity contribution in [2.45, 2.75) is 36.4 Å². The number of furan rings is 1. The van der Waals surface area contributed by atoms with E-state index in [1.807, 2.05) is 48.0 Å². The minimum atomic E-state index is -0.273. The van der Waals surface area contributed by atoms with Crippen LogP contribution in [0.15, 0.2) is 58.4 Å². The summed E-state index contributed by atoms with van der Waals surface area (Å²) in [5, 5.41) is 10.3. The minimum Gasteiger partial charge on any atom is -0.467 e. The Morgan fingerprint density at radius 1 is 1.25 bits per heavy atom. The molecule has 28 heavy (non-hydrogen) atoms. The van der Waals surface area contributed by atoms with Crippen molar-refractivity contribution in [3.05, 3.63) is 54.6 Å². The number of thioether (sulfide) groups is 1. The highest BCUT2D eigenvalue weighted by molar-refractivity contribution is 8.00. The molecule has 0 spiro atoms. The molecule has 8 heteroatoms. The maximum absolute atomic E-state index is 12.1. The van der Waals surface area contributed by atoms with Gasteiger partial charge in [0.25, 0.3) is 0 Å². The van der Waals surface area contributed by atoms with Gasteiger partial charge in [0.1, 0.15) is 17.1 Å². The lowest BCUT2D eigenvalue weighted by Gasteiger charge is -2.10. The monoisotopic (exact) mass is 394 g/mol. The smallest absolute Gasteiger partial charge is 0.319 e. The quantitative estimate of drug-likeness (QED) is 0.517. The zero-order chi connectivity index (χ0) is 19.1. The average Bonchev–Trinajstić information content (AvgIpc) is 3.45. The Morgan fingerprint density at radius 3 is 2.93 bits per heavy atom. The van der Waals surface area contributed by atoms with Crippen LogP contribution in [0.1, 0.15) is 19.1 Å². The van der Waals surface area contributed by atoms with Gasteiger partial charge in [-0.25, -0.2) is 0 Å². The van der Waals surface area contributed by atoms with E-state index >= 15 is 0 Å². The maximum Gasteiger partial charge on any atom is 0.319 e. The third-order valence-electron chi connectivity index (χ3n) is 4.81. The van der Waals surface area contributed by atoms with E-state index in [-0.39, 0.29) is 17.3 Å². The number of nitrogens with zero attached hydrogens (tertiary/aromatic N) is 3. The Hall–Kier alpha value is -3.00. The predicted octanol–water partition coefficient (Wildman–Crippen LogP) is 3.86. The van der Waals surface area contributed by atoms with Crippen molar-refractivity contribution >= 4 is 28.6 Å². The molecule has 1 N–H and O–H groups in total. The third-order valence-corrected chi connectivity index (χ3v) is 6.00. The first-order valence-corrected chi connectivity index (χ1v) is 9.96. The first kappa shape index (κ1) is 17.1. The lowest BCUT2D eigenvalue weighted by Crippen LogP contribution is -2.12. The number of esters is 1. The molecule has 7 nitrogen and oxygen atoms in total. The van der Waals surface area contributed by atoms with Crippen LogP contribution in [0.4, 0.5) is 0 Å². The van der Waals surface area contributed by atoms with E-state index in [9.17, 15) is 4.79 Å². The Balaban J connectivity index is 1.57. The highest BCUT2D eigenvalue weighted by atomic mass is 32.2. The normalized spacial score (nSPS) is 19.4. The molecule has 142 valence electrons. The zero-order valence-electron chi connectivity index (χ0n) is 15.2. The highest BCUT2D eigenvalue weighted by Gasteiger charge is 2.34. The minimum absolute atomic E-state index is 0.0699. The molecule has 0 amide bonds. The topological polar surface area (TPSA) is 85.9 Å². The van der Waals surface area contributed by atoms with Crippen molar-refractivity contribution in [3.8, 4) is 11.4 Å². The fourth-order valence-corrected chi connectivity index (χ4v) is 4.62. The molecule has 1 fully saturated rings. The van der Waals surface area contributed by atoms with E-state index in [2.05, 4.69) is 21.2 Å². The summed E-state index contributed by atoms with van der Waals surface area (Å²) >= 11 is 1.40. The lowest BCUT2D eigenvalue weighted by molar-refractivity contribution is -0.140. The van der Waals surface area contributed by atoms with Gasteiger partial charge in [0.15, 0.2) is 11.0 Å². The van der Waals surface area contributed by atoms with Crippen molar-refractivity contribution in [2.75, 3.05) is 0 Å². The number of H-pyrrole nitrogens is 1. The number of hydrogen-bond donors (Lipinski definition) is 1. The van der Waals surface area contributed by atoms with Crippen LogP contribution in [-0.2, 0) is 16.1 Å². The van der Waals surface area contributed by atoms with E-state index in [0.29, 0.717) is 18.1 Å². The maximum atomic E-state index is 12.1. The number of aromatic nitrogens is 4. The van der Waals surface area contributed by atoms with Crippen LogP contribution in [0.3, 0.4) is 0 Å². The molecule has 0 radical (unpaired) electrons. The summed E-state index contributed by atoms with van der Waals surface area (Å²) in [6, 6.07) is 11.8. The number of carbonyl (C=O) groups excluding carboxylic acids is 1. The molecule has 0 saturated carbocycles. The number of aromatic amines is 1. The molecule has 3 aromatic heterocycles. The molecule has 1 aliphatic rings. The van der Waals surface area contributed by atoms with Gasteiger partial charge in [-0.05, 0) is 25.1 Å². The number of cyclic esters (lactones) is 1. The molecule has 1 aromatic carbocycles. The van der Waals surface area contributed by atoms with E-state index < -0.39 is 0 Å². The van der Waals surface area contributed by atoms with Crippen LogP contribution < -0.4 is 0 Å². The van der Waals surface area contributed by atoms with Gasteiger partial charge < -0.3 is 14.1 Å². The molecule has 0 unspecified atom stereocenters. The molecule has 0 aliphatic carbocycles. The Morgan fingerprint density at radius 2 is 2.14 bits per heavy atom. The van der Waals surface area contributed by atoms with E-state index in [1.165, 1.54) is 11.8 Å². The molecule has 1 saturated heterocycles. The van der Waals surface area contributed by atoms with Gasteiger partial charge in [0.05, 0.1) is 12.8 Å². The van der Waals surface area contributed by atoms with Crippen molar-refractivity contribution in [2.24, 2.45) is 0 Å². The Bertz CT molecular complexity index is 1130. The Kier molecular flexibility index (Phi) is 4.20. The zero-order valence-corrected chi connectivity index (χ0v) is 16.0. The fraction of sp³-hybridized carbons (Fsp3) is 0.250. The summed E-state index contributed by atoms with van der Waals surface area (Å²) < 4.78 is 12.8. The van der Waals surface area contributed by atoms with E-state index in [0.717, 1.165) is 28.1 Å². The van der Waals surface area contributed by atoms with Crippen molar-refractivity contribution in [1.82, 2.24) is 19.7 Å².